The SMILES string of the molecule is Cc1ccc(CN2CCC3CCC(C2)N3)c(-c2cnn(C)c2)c1.Cl. The molecule has 2 saturated heterocycles. The van der Waals surface area contributed by atoms with Crippen molar-refractivity contribution < 1.29 is 0 Å². The van der Waals surface area contributed by atoms with Gasteiger partial charge in [-0.2, -0.15) is 5.10 Å². The zero-order valence-electron chi connectivity index (χ0n) is 14.5. The van der Waals surface area contributed by atoms with Crippen LogP contribution in [0.15, 0.2) is 30.6 Å². The molecule has 5 heteroatoms. The molecule has 2 bridgehead atoms. The van der Waals surface area contributed by atoms with Gasteiger partial charge in [0.05, 0.1) is 6.20 Å². The predicted molar refractivity (Wildman–Crippen MR) is 100 cm³/mol. The predicted octanol–water partition coefficient (Wildman–Crippen LogP) is 3.14. The third-order valence-electron chi connectivity index (χ3n) is 5.28. The minimum absolute atomic E-state index is 0. The molecule has 1 N–H and O–H groups in total. The van der Waals surface area contributed by atoms with Gasteiger partial charge in [0.25, 0.3) is 0 Å². The average molecular weight is 347 g/mol. The molecular weight excluding hydrogens is 320 g/mol. The van der Waals surface area contributed by atoms with E-state index in [9.17, 15) is 0 Å². The van der Waals surface area contributed by atoms with Gasteiger partial charge in [-0.1, -0.05) is 23.8 Å². The van der Waals surface area contributed by atoms with E-state index < -0.39 is 0 Å². The topological polar surface area (TPSA) is 33.1 Å². The Labute approximate surface area is 150 Å². The Balaban J connectivity index is 0.00000169. The fraction of sp³-hybridized carbons (Fsp3) is 0.526. The van der Waals surface area contributed by atoms with Crippen LogP contribution in [-0.4, -0.2) is 39.9 Å². The Hall–Kier alpha value is -1.36. The Kier molecular flexibility index (Phi) is 5.28. The highest BCUT2D eigenvalue weighted by molar-refractivity contribution is 5.85. The molecule has 130 valence electrons. The number of nitrogens with zero attached hydrogens (tertiary/aromatic N) is 3. The van der Waals surface area contributed by atoms with E-state index in [1.807, 2.05) is 17.9 Å². The summed E-state index contributed by atoms with van der Waals surface area (Å²) in [4.78, 5) is 2.63. The minimum atomic E-state index is 0. The van der Waals surface area contributed by atoms with Crippen molar-refractivity contribution >= 4 is 12.4 Å². The summed E-state index contributed by atoms with van der Waals surface area (Å²) in [5.74, 6) is 0. The van der Waals surface area contributed by atoms with Crippen LogP contribution in [0.1, 0.15) is 30.4 Å². The molecule has 3 heterocycles. The van der Waals surface area contributed by atoms with E-state index in [-0.39, 0.29) is 12.4 Å². The van der Waals surface area contributed by atoms with Crippen LogP contribution in [0, 0.1) is 6.92 Å². The lowest BCUT2D eigenvalue weighted by Crippen LogP contribution is -2.35. The molecule has 0 amide bonds. The van der Waals surface area contributed by atoms with E-state index in [2.05, 4.69) is 46.6 Å². The summed E-state index contributed by atoms with van der Waals surface area (Å²) in [6.07, 6.45) is 8.08. The molecule has 0 radical (unpaired) electrons. The van der Waals surface area contributed by atoms with Gasteiger partial charge in [-0.15, -0.1) is 12.4 Å². The zero-order valence-corrected chi connectivity index (χ0v) is 15.4. The van der Waals surface area contributed by atoms with Crippen LogP contribution in [0.5, 0.6) is 0 Å². The van der Waals surface area contributed by atoms with Gasteiger partial charge in [-0.05, 0) is 37.3 Å². The highest BCUT2D eigenvalue weighted by Crippen LogP contribution is 2.27. The number of halogens is 1. The maximum absolute atomic E-state index is 4.35. The number of aromatic nitrogens is 2. The van der Waals surface area contributed by atoms with Gasteiger partial charge < -0.3 is 5.32 Å². The fourth-order valence-corrected chi connectivity index (χ4v) is 4.06. The lowest BCUT2D eigenvalue weighted by atomic mass is 9.99. The summed E-state index contributed by atoms with van der Waals surface area (Å²) in [5.41, 5.74) is 5.28. The van der Waals surface area contributed by atoms with E-state index in [4.69, 9.17) is 0 Å². The van der Waals surface area contributed by atoms with Crippen molar-refractivity contribution in [3.05, 3.63) is 41.7 Å². The molecule has 0 saturated carbocycles. The highest BCUT2D eigenvalue weighted by Gasteiger charge is 2.29. The van der Waals surface area contributed by atoms with E-state index in [1.165, 1.54) is 54.6 Å². The van der Waals surface area contributed by atoms with Crippen LogP contribution in [0.2, 0.25) is 0 Å². The molecule has 2 aliphatic rings. The summed E-state index contributed by atoms with van der Waals surface area (Å²) in [7, 11) is 1.98. The molecule has 2 fully saturated rings. The van der Waals surface area contributed by atoms with Crippen molar-refractivity contribution in [2.24, 2.45) is 7.05 Å². The first kappa shape index (κ1) is 17.5. The Morgan fingerprint density at radius 1 is 1.21 bits per heavy atom. The number of likely N-dealkylation sites (tertiary alicyclic amines) is 1. The molecule has 2 unspecified atom stereocenters. The van der Waals surface area contributed by atoms with Gasteiger partial charge >= 0.3 is 0 Å². The lowest BCUT2D eigenvalue weighted by molar-refractivity contribution is 0.251. The normalized spacial score (nSPS) is 23.8. The van der Waals surface area contributed by atoms with Gasteiger partial charge in [-0.25, -0.2) is 0 Å². The molecule has 2 aliphatic heterocycles. The Bertz CT molecular complexity index is 696. The highest BCUT2D eigenvalue weighted by atomic mass is 35.5. The van der Waals surface area contributed by atoms with Gasteiger partial charge in [-0.3, -0.25) is 9.58 Å². The quantitative estimate of drug-likeness (QED) is 0.926. The number of fused-ring (bicyclic) bond motifs is 2. The van der Waals surface area contributed by atoms with E-state index in [0.29, 0.717) is 6.04 Å². The minimum Gasteiger partial charge on any atom is -0.310 e. The second-order valence-electron chi connectivity index (χ2n) is 7.22. The molecule has 1 aromatic carbocycles. The molecule has 0 aliphatic carbocycles. The standard InChI is InChI=1S/C19H26N4.ClH/c1-14-3-4-15(19(9-14)16-10-20-22(2)11-16)12-23-8-7-17-5-6-18(13-23)21-17;/h3-4,9-11,17-18,21H,5-8,12-13H2,1-2H3;1H. The fourth-order valence-electron chi connectivity index (χ4n) is 4.06. The van der Waals surface area contributed by atoms with Crippen molar-refractivity contribution in [3.63, 3.8) is 0 Å². The summed E-state index contributed by atoms with van der Waals surface area (Å²) >= 11 is 0. The van der Waals surface area contributed by atoms with Crippen LogP contribution in [0.4, 0.5) is 0 Å². The third-order valence-corrected chi connectivity index (χ3v) is 5.28. The van der Waals surface area contributed by atoms with Gasteiger partial charge in [0.15, 0.2) is 0 Å². The summed E-state index contributed by atoms with van der Waals surface area (Å²) in [5, 5.41) is 8.12. The molecule has 2 atom stereocenters. The molecule has 2 aromatic rings. The van der Waals surface area contributed by atoms with Crippen molar-refractivity contribution in [2.75, 3.05) is 13.1 Å². The summed E-state index contributed by atoms with van der Waals surface area (Å²) < 4.78 is 1.89. The summed E-state index contributed by atoms with van der Waals surface area (Å²) in [6.45, 7) is 5.58. The van der Waals surface area contributed by atoms with Crippen LogP contribution in [0.3, 0.4) is 0 Å². The second-order valence-corrected chi connectivity index (χ2v) is 7.22. The van der Waals surface area contributed by atoms with Crippen molar-refractivity contribution in [3.8, 4) is 11.1 Å². The first-order chi connectivity index (χ1) is 11.2. The largest absolute Gasteiger partial charge is 0.310 e. The number of rotatable bonds is 3. The van der Waals surface area contributed by atoms with Gasteiger partial charge in [0.1, 0.15) is 0 Å². The van der Waals surface area contributed by atoms with Crippen LogP contribution < -0.4 is 5.32 Å². The summed E-state index contributed by atoms with van der Waals surface area (Å²) in [6, 6.07) is 8.27. The first-order valence-corrected chi connectivity index (χ1v) is 8.74. The van der Waals surface area contributed by atoms with Crippen molar-refractivity contribution in [1.29, 1.82) is 0 Å². The lowest BCUT2D eigenvalue weighted by Gasteiger charge is -2.25. The van der Waals surface area contributed by atoms with E-state index in [0.717, 1.165) is 12.6 Å². The average Bonchev–Trinajstić information content (AvgIpc) is 3.09. The molecule has 24 heavy (non-hydrogen) atoms. The molecule has 1 aromatic heterocycles. The molecule has 0 spiro atoms. The van der Waals surface area contributed by atoms with Crippen molar-refractivity contribution in [1.82, 2.24) is 20.0 Å². The number of nitrogens with one attached hydrogen (secondary N) is 1. The first-order valence-electron chi connectivity index (χ1n) is 8.74. The van der Waals surface area contributed by atoms with Crippen LogP contribution >= 0.6 is 12.4 Å². The number of hydrogen-bond acceptors (Lipinski definition) is 3. The van der Waals surface area contributed by atoms with Gasteiger partial charge in [0, 0.05) is 50.5 Å². The van der Waals surface area contributed by atoms with Crippen molar-refractivity contribution in [2.45, 2.75) is 44.8 Å². The Morgan fingerprint density at radius 3 is 2.83 bits per heavy atom. The number of benzene rings is 1. The maximum Gasteiger partial charge on any atom is 0.0568 e. The van der Waals surface area contributed by atoms with E-state index >= 15 is 0 Å². The molecular formula is C19H27ClN4. The van der Waals surface area contributed by atoms with E-state index in [1.54, 1.807) is 0 Å². The van der Waals surface area contributed by atoms with Crippen LogP contribution in [-0.2, 0) is 13.6 Å². The molecule has 4 nitrogen and oxygen atoms in total. The monoisotopic (exact) mass is 346 g/mol. The zero-order chi connectivity index (χ0) is 15.8. The Morgan fingerprint density at radius 2 is 2.04 bits per heavy atom. The van der Waals surface area contributed by atoms with Crippen LogP contribution in [0.25, 0.3) is 11.1 Å². The maximum atomic E-state index is 4.35. The smallest absolute Gasteiger partial charge is 0.0568 e. The third kappa shape index (κ3) is 3.66. The number of hydrogen-bond donors (Lipinski definition) is 1. The molecule has 4 rings (SSSR count). The number of aryl methyl sites for hydroxylation is 2. The van der Waals surface area contributed by atoms with Gasteiger partial charge in [0.2, 0.25) is 0 Å². The second kappa shape index (κ2) is 7.26.